The number of benzene rings is 2. The van der Waals surface area contributed by atoms with E-state index in [4.69, 9.17) is 5.26 Å². The van der Waals surface area contributed by atoms with Crippen molar-refractivity contribution in [2.75, 3.05) is 11.4 Å². The van der Waals surface area contributed by atoms with Gasteiger partial charge in [-0.25, -0.2) is 4.68 Å². The predicted molar refractivity (Wildman–Crippen MR) is 119 cm³/mol. The summed E-state index contributed by atoms with van der Waals surface area (Å²) in [5, 5.41) is 22.9. The molecule has 0 saturated heterocycles. The van der Waals surface area contributed by atoms with Gasteiger partial charge >= 0.3 is 0 Å². The van der Waals surface area contributed by atoms with E-state index in [1.165, 1.54) is 15.8 Å². The van der Waals surface area contributed by atoms with Crippen molar-refractivity contribution in [3.05, 3.63) is 72.6 Å². The lowest BCUT2D eigenvalue weighted by Crippen LogP contribution is -2.42. The molecular weight excluding hydrogens is 424 g/mol. The molecule has 0 unspecified atom stereocenters. The number of amides is 3. The van der Waals surface area contributed by atoms with E-state index < -0.39 is 11.8 Å². The average molecular weight is 446 g/mol. The lowest BCUT2D eigenvalue weighted by molar-refractivity contribution is -0.125. The number of aromatic nitrogens is 2. The van der Waals surface area contributed by atoms with Crippen LogP contribution in [0.25, 0.3) is 5.69 Å². The van der Waals surface area contributed by atoms with Crippen molar-refractivity contribution < 1.29 is 19.5 Å². The van der Waals surface area contributed by atoms with Crippen LogP contribution >= 0.6 is 0 Å². The van der Waals surface area contributed by atoms with Gasteiger partial charge in [0, 0.05) is 25.1 Å². The largest absolute Gasteiger partial charge is 0.504 e. The van der Waals surface area contributed by atoms with Crippen LogP contribution in [-0.4, -0.2) is 39.2 Å². The summed E-state index contributed by atoms with van der Waals surface area (Å²) < 4.78 is 1.34. The van der Waals surface area contributed by atoms with Crippen molar-refractivity contribution in [1.29, 1.82) is 5.26 Å². The average Bonchev–Trinajstić information content (AvgIpc) is 3.24. The number of para-hydroxylation sites is 2. The Hall–Kier alpha value is -4.65. The zero-order valence-corrected chi connectivity index (χ0v) is 17.6. The van der Waals surface area contributed by atoms with E-state index in [1.807, 2.05) is 18.2 Å². The van der Waals surface area contributed by atoms with Gasteiger partial charge in [-0.2, -0.15) is 10.4 Å². The summed E-state index contributed by atoms with van der Waals surface area (Å²) in [5.74, 6) is -2.07. The van der Waals surface area contributed by atoms with Crippen molar-refractivity contribution in [3.63, 3.8) is 0 Å². The second-order valence-corrected chi connectivity index (χ2v) is 6.93. The van der Waals surface area contributed by atoms with Gasteiger partial charge in [0.15, 0.2) is 11.4 Å². The van der Waals surface area contributed by atoms with Gasteiger partial charge in [-0.3, -0.25) is 25.2 Å². The van der Waals surface area contributed by atoms with Gasteiger partial charge in [0.05, 0.1) is 24.4 Å². The Bertz CT molecular complexity index is 1150. The van der Waals surface area contributed by atoms with Gasteiger partial charge in [0.25, 0.3) is 5.91 Å². The highest BCUT2D eigenvalue weighted by Crippen LogP contribution is 2.18. The van der Waals surface area contributed by atoms with Crippen molar-refractivity contribution in [2.45, 2.75) is 19.3 Å². The Morgan fingerprint density at radius 1 is 1.00 bits per heavy atom. The van der Waals surface area contributed by atoms with E-state index in [0.29, 0.717) is 11.4 Å². The molecule has 10 nitrogen and oxygen atoms in total. The van der Waals surface area contributed by atoms with E-state index in [1.54, 1.807) is 48.5 Å². The third-order valence-electron chi connectivity index (χ3n) is 4.63. The van der Waals surface area contributed by atoms with Crippen LogP contribution in [0.3, 0.4) is 0 Å². The Labute approximate surface area is 190 Å². The van der Waals surface area contributed by atoms with Crippen LogP contribution in [0.15, 0.2) is 66.9 Å². The molecule has 0 atom stereocenters. The molecule has 2 aromatic carbocycles. The third-order valence-corrected chi connectivity index (χ3v) is 4.63. The molecule has 1 aromatic heterocycles. The Morgan fingerprint density at radius 2 is 1.67 bits per heavy atom. The number of nitrogens with zero attached hydrogens (tertiary/aromatic N) is 4. The highest BCUT2D eigenvalue weighted by molar-refractivity contribution is 5.97. The van der Waals surface area contributed by atoms with Crippen LogP contribution in [0.4, 0.5) is 5.69 Å². The molecule has 3 rings (SSSR count). The van der Waals surface area contributed by atoms with Crippen molar-refractivity contribution in [1.82, 2.24) is 20.6 Å². The second-order valence-electron chi connectivity index (χ2n) is 6.93. The van der Waals surface area contributed by atoms with Crippen LogP contribution < -0.4 is 15.8 Å². The summed E-state index contributed by atoms with van der Waals surface area (Å²) in [6.45, 7) is 0.209. The molecule has 0 aliphatic heterocycles. The molecule has 0 aliphatic rings. The smallest absolute Gasteiger partial charge is 0.294 e. The van der Waals surface area contributed by atoms with Crippen molar-refractivity contribution in [3.8, 4) is 17.5 Å². The maximum Gasteiger partial charge on any atom is 0.294 e. The Kier molecular flexibility index (Phi) is 7.75. The van der Waals surface area contributed by atoms with Gasteiger partial charge in [0.1, 0.15) is 0 Å². The number of aromatic hydroxyl groups is 1. The summed E-state index contributed by atoms with van der Waals surface area (Å²) in [5.41, 5.74) is 5.41. The lowest BCUT2D eigenvalue weighted by atomic mass is 10.2. The summed E-state index contributed by atoms with van der Waals surface area (Å²) in [6.07, 6.45) is 1.14. The van der Waals surface area contributed by atoms with Crippen molar-refractivity contribution >= 4 is 23.4 Å². The molecule has 3 aromatic rings. The molecular formula is C23H22N6O4. The predicted octanol–water partition coefficient (Wildman–Crippen LogP) is 2.07. The summed E-state index contributed by atoms with van der Waals surface area (Å²) in [4.78, 5) is 38.5. The number of rotatable bonds is 8. The molecule has 0 radical (unpaired) electrons. The van der Waals surface area contributed by atoms with Gasteiger partial charge in [0.2, 0.25) is 11.8 Å². The highest BCUT2D eigenvalue weighted by atomic mass is 16.3. The standard InChI is InChI=1S/C23H22N6O4/c24-14-7-15-28(17-8-3-1-4-9-17)21(32)13-12-20(31)25-26-23(33)22-19(30)16-29(27-22)18-10-5-2-6-11-18/h1-6,8-11,16,30H,7,12-13,15H2,(H,25,31)(H,26,33). The normalized spacial score (nSPS) is 10.2. The maximum absolute atomic E-state index is 12.6. The van der Waals surface area contributed by atoms with Gasteiger partial charge in [-0.1, -0.05) is 36.4 Å². The maximum atomic E-state index is 12.6. The second kappa shape index (κ2) is 11.1. The zero-order chi connectivity index (χ0) is 23.6. The first-order valence-corrected chi connectivity index (χ1v) is 10.1. The number of hydrazine groups is 1. The van der Waals surface area contributed by atoms with Crippen LogP contribution in [-0.2, 0) is 9.59 Å². The van der Waals surface area contributed by atoms with Crippen molar-refractivity contribution in [2.24, 2.45) is 0 Å². The molecule has 0 fully saturated rings. The molecule has 10 heteroatoms. The minimum absolute atomic E-state index is 0.115. The van der Waals surface area contributed by atoms with Crippen LogP contribution in [0.2, 0.25) is 0 Å². The van der Waals surface area contributed by atoms with Crippen LogP contribution in [0, 0.1) is 11.3 Å². The molecule has 168 valence electrons. The Morgan fingerprint density at radius 3 is 2.33 bits per heavy atom. The number of hydrogen-bond acceptors (Lipinski definition) is 6. The van der Waals surface area contributed by atoms with E-state index in [0.717, 1.165) is 0 Å². The molecule has 1 heterocycles. The molecule has 3 amide bonds. The van der Waals surface area contributed by atoms with E-state index in [9.17, 15) is 19.5 Å². The number of hydrogen-bond donors (Lipinski definition) is 3. The first-order valence-electron chi connectivity index (χ1n) is 10.1. The highest BCUT2D eigenvalue weighted by Gasteiger charge is 2.19. The van der Waals surface area contributed by atoms with Gasteiger partial charge in [-0.05, 0) is 24.3 Å². The van der Waals surface area contributed by atoms with Gasteiger partial charge < -0.3 is 10.0 Å². The summed E-state index contributed by atoms with van der Waals surface area (Å²) >= 11 is 0. The number of nitriles is 1. The van der Waals surface area contributed by atoms with E-state index >= 15 is 0 Å². The number of anilines is 1. The SMILES string of the molecule is N#CCCN(C(=O)CCC(=O)NNC(=O)c1nn(-c2ccccc2)cc1O)c1ccccc1. The van der Waals surface area contributed by atoms with E-state index in [-0.39, 0.29) is 43.2 Å². The summed E-state index contributed by atoms with van der Waals surface area (Å²) in [7, 11) is 0. The first-order chi connectivity index (χ1) is 16.0. The monoisotopic (exact) mass is 446 g/mol. The molecule has 0 bridgehead atoms. The van der Waals surface area contributed by atoms with Gasteiger partial charge in [-0.15, -0.1) is 0 Å². The first kappa shape index (κ1) is 23.0. The molecule has 3 N–H and O–H groups in total. The summed E-state index contributed by atoms with van der Waals surface area (Å²) in [6, 6.07) is 19.8. The zero-order valence-electron chi connectivity index (χ0n) is 17.6. The fraction of sp³-hybridized carbons (Fsp3) is 0.174. The molecule has 0 saturated carbocycles. The molecule has 33 heavy (non-hydrogen) atoms. The molecule has 0 aliphatic carbocycles. The number of carbonyl (C=O) groups excluding carboxylic acids is 3. The minimum atomic E-state index is -0.804. The number of nitrogens with one attached hydrogen (secondary N) is 2. The quantitative estimate of drug-likeness (QED) is 0.453. The third kappa shape index (κ3) is 6.18. The topological polar surface area (TPSA) is 140 Å². The fourth-order valence-corrected chi connectivity index (χ4v) is 3.01. The van der Waals surface area contributed by atoms with E-state index in [2.05, 4.69) is 16.0 Å². The van der Waals surface area contributed by atoms with Crippen LogP contribution in [0.5, 0.6) is 5.75 Å². The fourth-order valence-electron chi connectivity index (χ4n) is 3.01. The molecule has 0 spiro atoms. The van der Waals surface area contributed by atoms with Crippen LogP contribution in [0.1, 0.15) is 29.8 Å². The minimum Gasteiger partial charge on any atom is -0.504 e. The Balaban J connectivity index is 1.53. The lowest BCUT2D eigenvalue weighted by Gasteiger charge is -2.21. The number of carbonyl (C=O) groups is 3.